The van der Waals surface area contributed by atoms with Crippen LogP contribution in [0.1, 0.15) is 32.3 Å². The molecule has 0 saturated carbocycles. The molecule has 0 unspecified atom stereocenters. The normalized spacial score (nSPS) is 15.0. The number of hydrogen-bond acceptors (Lipinski definition) is 2. The minimum absolute atomic E-state index is 0.439. The maximum atomic E-state index is 10.3. The summed E-state index contributed by atoms with van der Waals surface area (Å²) in [4.78, 5) is 3.77. The lowest BCUT2D eigenvalue weighted by molar-refractivity contribution is 0.0786. The summed E-state index contributed by atoms with van der Waals surface area (Å²) >= 11 is 0. The zero-order valence-electron chi connectivity index (χ0n) is 16.6. The first-order valence-electron chi connectivity index (χ1n) is 9.98. The van der Waals surface area contributed by atoms with Gasteiger partial charge in [-0.1, -0.05) is 30.3 Å². The van der Waals surface area contributed by atoms with Crippen LogP contribution in [0.25, 0.3) is 0 Å². The SMILES string of the molecule is CC(C)(O)c1ccc(N(c2ccccc2)c2ccc([S+]3CCCC3)cc2)cc1. The predicted octanol–water partition coefficient (Wildman–Crippen LogP) is 6.15. The third-order valence-electron chi connectivity index (χ3n) is 5.31. The van der Waals surface area contributed by atoms with Crippen molar-refractivity contribution in [3.63, 3.8) is 0 Å². The molecular weight excluding hydrogens is 362 g/mol. The average molecular weight is 391 g/mol. The highest BCUT2D eigenvalue weighted by atomic mass is 32.2. The third kappa shape index (κ3) is 4.11. The lowest BCUT2D eigenvalue weighted by atomic mass is 9.98. The maximum Gasteiger partial charge on any atom is 0.155 e. The molecule has 1 saturated heterocycles. The highest BCUT2D eigenvalue weighted by molar-refractivity contribution is 7.97. The van der Waals surface area contributed by atoms with Crippen molar-refractivity contribution in [3.8, 4) is 0 Å². The van der Waals surface area contributed by atoms with Crippen LogP contribution in [-0.4, -0.2) is 16.6 Å². The van der Waals surface area contributed by atoms with Gasteiger partial charge in [0.05, 0.1) is 5.60 Å². The maximum absolute atomic E-state index is 10.3. The topological polar surface area (TPSA) is 23.5 Å². The van der Waals surface area contributed by atoms with Crippen LogP contribution in [-0.2, 0) is 16.5 Å². The Hall–Kier alpha value is -2.23. The number of nitrogens with zero attached hydrogens (tertiary/aromatic N) is 1. The van der Waals surface area contributed by atoms with E-state index < -0.39 is 5.60 Å². The van der Waals surface area contributed by atoms with E-state index in [0.29, 0.717) is 10.9 Å². The van der Waals surface area contributed by atoms with Crippen LogP contribution in [0.4, 0.5) is 17.1 Å². The molecule has 144 valence electrons. The van der Waals surface area contributed by atoms with Gasteiger partial charge >= 0.3 is 0 Å². The number of hydrogen-bond donors (Lipinski definition) is 1. The Balaban J connectivity index is 1.70. The molecule has 2 nitrogen and oxygen atoms in total. The molecule has 1 aliphatic heterocycles. The predicted molar refractivity (Wildman–Crippen MR) is 121 cm³/mol. The summed E-state index contributed by atoms with van der Waals surface area (Å²) < 4.78 is 0. The first-order valence-corrected chi connectivity index (χ1v) is 11.5. The summed E-state index contributed by atoms with van der Waals surface area (Å²) in [5, 5.41) is 10.3. The van der Waals surface area contributed by atoms with E-state index >= 15 is 0 Å². The van der Waals surface area contributed by atoms with Crippen LogP contribution in [0.2, 0.25) is 0 Å². The van der Waals surface area contributed by atoms with Crippen molar-refractivity contribution in [3.05, 3.63) is 84.4 Å². The molecular formula is C25H28NOS+. The minimum atomic E-state index is -0.833. The summed E-state index contributed by atoms with van der Waals surface area (Å²) in [6.45, 7) is 3.64. The van der Waals surface area contributed by atoms with E-state index in [2.05, 4.69) is 65.6 Å². The van der Waals surface area contributed by atoms with Crippen LogP contribution < -0.4 is 4.90 Å². The van der Waals surface area contributed by atoms with Crippen molar-refractivity contribution in [1.82, 2.24) is 0 Å². The average Bonchev–Trinajstić information content (AvgIpc) is 3.24. The molecule has 1 heterocycles. The highest BCUT2D eigenvalue weighted by Crippen LogP contribution is 2.36. The number of anilines is 3. The molecule has 3 heteroatoms. The van der Waals surface area contributed by atoms with Gasteiger partial charge < -0.3 is 10.0 Å². The molecule has 0 radical (unpaired) electrons. The van der Waals surface area contributed by atoms with Crippen molar-refractivity contribution in [1.29, 1.82) is 0 Å². The minimum Gasteiger partial charge on any atom is -0.386 e. The summed E-state index contributed by atoms with van der Waals surface area (Å²) in [5.41, 5.74) is 3.47. The summed E-state index contributed by atoms with van der Waals surface area (Å²) in [6, 6.07) is 27.8. The number of para-hydroxylation sites is 1. The second-order valence-corrected chi connectivity index (χ2v) is 10.2. The van der Waals surface area contributed by atoms with E-state index in [1.807, 2.05) is 32.0 Å². The van der Waals surface area contributed by atoms with E-state index in [0.717, 1.165) is 22.6 Å². The Labute approximate surface area is 171 Å². The first-order chi connectivity index (χ1) is 13.5. The van der Waals surface area contributed by atoms with Gasteiger partial charge in [0, 0.05) is 28.0 Å². The summed E-state index contributed by atoms with van der Waals surface area (Å²) in [6.07, 6.45) is 2.74. The molecule has 4 rings (SSSR count). The molecule has 1 fully saturated rings. The van der Waals surface area contributed by atoms with Gasteiger partial charge in [0.15, 0.2) is 4.90 Å². The van der Waals surface area contributed by atoms with Gasteiger partial charge in [0.25, 0.3) is 0 Å². The lowest BCUT2D eigenvalue weighted by Crippen LogP contribution is -2.16. The largest absolute Gasteiger partial charge is 0.386 e. The fourth-order valence-corrected chi connectivity index (χ4v) is 6.02. The van der Waals surface area contributed by atoms with E-state index in [1.165, 1.54) is 29.2 Å². The number of aliphatic hydroxyl groups is 1. The molecule has 0 bridgehead atoms. The van der Waals surface area contributed by atoms with Crippen LogP contribution in [0.15, 0.2) is 83.8 Å². The monoisotopic (exact) mass is 390 g/mol. The second-order valence-electron chi connectivity index (χ2n) is 7.88. The Morgan fingerprint density at radius 1 is 0.714 bits per heavy atom. The zero-order chi connectivity index (χ0) is 19.6. The van der Waals surface area contributed by atoms with Crippen LogP contribution >= 0.6 is 0 Å². The van der Waals surface area contributed by atoms with Gasteiger partial charge in [0.1, 0.15) is 11.5 Å². The smallest absolute Gasteiger partial charge is 0.155 e. The number of benzene rings is 3. The molecule has 0 atom stereocenters. The Kier molecular flexibility index (Phi) is 5.47. The molecule has 3 aromatic carbocycles. The van der Waals surface area contributed by atoms with Gasteiger partial charge in [0.2, 0.25) is 0 Å². The number of rotatable bonds is 5. The highest BCUT2D eigenvalue weighted by Gasteiger charge is 2.27. The van der Waals surface area contributed by atoms with Crippen molar-refractivity contribution >= 4 is 28.0 Å². The van der Waals surface area contributed by atoms with Gasteiger partial charge in [-0.25, -0.2) is 0 Å². The molecule has 0 spiro atoms. The van der Waals surface area contributed by atoms with Crippen molar-refractivity contribution in [2.24, 2.45) is 0 Å². The fourth-order valence-electron chi connectivity index (χ4n) is 3.72. The molecule has 1 aliphatic rings. The van der Waals surface area contributed by atoms with Crippen molar-refractivity contribution < 1.29 is 5.11 Å². The van der Waals surface area contributed by atoms with Crippen LogP contribution in [0.3, 0.4) is 0 Å². The molecule has 3 aromatic rings. The van der Waals surface area contributed by atoms with E-state index in [9.17, 15) is 5.11 Å². The van der Waals surface area contributed by atoms with E-state index in [4.69, 9.17) is 0 Å². The van der Waals surface area contributed by atoms with Crippen LogP contribution in [0.5, 0.6) is 0 Å². The summed E-state index contributed by atoms with van der Waals surface area (Å²) in [7, 11) is 0.439. The van der Waals surface area contributed by atoms with Gasteiger partial charge in [-0.05, 0) is 80.8 Å². The van der Waals surface area contributed by atoms with Crippen molar-refractivity contribution in [2.75, 3.05) is 16.4 Å². The molecule has 28 heavy (non-hydrogen) atoms. The Bertz CT molecular complexity index is 892. The zero-order valence-corrected chi connectivity index (χ0v) is 17.5. The quantitative estimate of drug-likeness (QED) is 0.528. The summed E-state index contributed by atoms with van der Waals surface area (Å²) in [5.74, 6) is 2.69. The third-order valence-corrected chi connectivity index (χ3v) is 7.81. The first kappa shape index (κ1) is 19.1. The molecule has 0 aliphatic carbocycles. The Morgan fingerprint density at radius 2 is 1.21 bits per heavy atom. The van der Waals surface area contributed by atoms with Crippen LogP contribution in [0, 0.1) is 0 Å². The molecule has 1 N–H and O–H groups in total. The fraction of sp³-hybridized carbons (Fsp3) is 0.280. The van der Waals surface area contributed by atoms with Gasteiger partial charge in [-0.15, -0.1) is 0 Å². The lowest BCUT2D eigenvalue weighted by Gasteiger charge is -2.26. The van der Waals surface area contributed by atoms with Crippen molar-refractivity contribution in [2.45, 2.75) is 37.2 Å². The second kappa shape index (κ2) is 8.02. The van der Waals surface area contributed by atoms with Gasteiger partial charge in [-0.3, -0.25) is 0 Å². The molecule has 0 amide bonds. The molecule has 0 aromatic heterocycles. The standard InChI is InChI=1S/C25H28NOS/c1-25(2,27)20-10-12-22(13-11-20)26(21-8-4-3-5-9-21)23-14-16-24(17-15-23)28-18-6-7-19-28/h3-5,8-17,27H,6-7,18-19H2,1-2H3/q+1. The van der Waals surface area contributed by atoms with E-state index in [-0.39, 0.29) is 0 Å². The van der Waals surface area contributed by atoms with Gasteiger partial charge in [-0.2, -0.15) is 0 Å². The Morgan fingerprint density at radius 3 is 1.75 bits per heavy atom. The van der Waals surface area contributed by atoms with E-state index in [1.54, 1.807) is 0 Å².